The molecule has 2 aliphatic rings. The van der Waals surface area contributed by atoms with Gasteiger partial charge < -0.3 is 0 Å². The van der Waals surface area contributed by atoms with Gasteiger partial charge in [0.05, 0.1) is 0 Å². The molecule has 1 unspecified atom stereocenters. The SMILES string of the molecule is PNC1CCC(C2CCC2)CC1. The molecule has 0 radical (unpaired) electrons. The van der Waals surface area contributed by atoms with Gasteiger partial charge in [0.15, 0.2) is 0 Å². The Labute approximate surface area is 77.9 Å². The van der Waals surface area contributed by atoms with Crippen LogP contribution in [0.5, 0.6) is 0 Å². The van der Waals surface area contributed by atoms with E-state index in [0.29, 0.717) is 0 Å². The lowest BCUT2D eigenvalue weighted by molar-refractivity contribution is 0.152. The predicted octanol–water partition coefficient (Wildman–Crippen LogP) is 2.73. The molecule has 2 rings (SSSR count). The topological polar surface area (TPSA) is 12.0 Å². The van der Waals surface area contributed by atoms with Crippen molar-refractivity contribution in [2.75, 3.05) is 0 Å². The molecule has 12 heavy (non-hydrogen) atoms. The van der Waals surface area contributed by atoms with Crippen LogP contribution in [0.15, 0.2) is 0 Å². The molecule has 1 N–H and O–H groups in total. The van der Waals surface area contributed by atoms with Crippen molar-refractivity contribution in [3.8, 4) is 0 Å². The summed E-state index contributed by atoms with van der Waals surface area (Å²) in [6.07, 6.45) is 10.3. The molecule has 0 aromatic carbocycles. The largest absolute Gasteiger partial charge is 0.298 e. The van der Waals surface area contributed by atoms with Crippen molar-refractivity contribution in [2.45, 2.75) is 51.0 Å². The average Bonchev–Trinajstić information content (AvgIpc) is 2.03. The molecule has 0 aliphatic heterocycles. The van der Waals surface area contributed by atoms with Crippen LogP contribution in [0.1, 0.15) is 44.9 Å². The summed E-state index contributed by atoms with van der Waals surface area (Å²) >= 11 is 0. The minimum absolute atomic E-state index is 0.798. The van der Waals surface area contributed by atoms with Crippen LogP contribution in [-0.2, 0) is 0 Å². The first-order chi connectivity index (χ1) is 5.90. The summed E-state index contributed by atoms with van der Waals surface area (Å²) in [4.78, 5) is 0. The summed E-state index contributed by atoms with van der Waals surface area (Å²) in [6.45, 7) is 0. The third-order valence-electron chi connectivity index (χ3n) is 3.82. The van der Waals surface area contributed by atoms with E-state index in [9.17, 15) is 0 Å². The summed E-state index contributed by atoms with van der Waals surface area (Å²) in [5.74, 6) is 2.21. The van der Waals surface area contributed by atoms with Gasteiger partial charge in [-0.2, -0.15) is 0 Å². The van der Waals surface area contributed by atoms with Crippen LogP contribution in [0.25, 0.3) is 0 Å². The molecule has 0 saturated heterocycles. The first-order valence-electron chi connectivity index (χ1n) is 5.36. The Balaban J connectivity index is 1.74. The number of nitrogens with one attached hydrogen (secondary N) is 1. The van der Waals surface area contributed by atoms with E-state index in [-0.39, 0.29) is 0 Å². The lowest BCUT2D eigenvalue weighted by Gasteiger charge is -2.38. The highest BCUT2D eigenvalue weighted by atomic mass is 31.0. The zero-order valence-corrected chi connectivity index (χ0v) is 8.91. The Hall–Kier alpha value is 0.390. The molecule has 0 bridgehead atoms. The van der Waals surface area contributed by atoms with Crippen molar-refractivity contribution >= 4 is 9.39 Å². The molecule has 2 heteroatoms. The highest BCUT2D eigenvalue weighted by Gasteiger charge is 2.30. The highest BCUT2D eigenvalue weighted by Crippen LogP contribution is 2.40. The first kappa shape index (κ1) is 8.97. The summed E-state index contributed by atoms with van der Waals surface area (Å²) in [5, 5.41) is 3.32. The Morgan fingerprint density at radius 1 is 0.833 bits per heavy atom. The van der Waals surface area contributed by atoms with Gasteiger partial charge in [-0.3, -0.25) is 5.09 Å². The predicted molar refractivity (Wildman–Crippen MR) is 55.9 cm³/mol. The molecule has 0 aromatic heterocycles. The van der Waals surface area contributed by atoms with E-state index in [1.54, 1.807) is 0 Å². The van der Waals surface area contributed by atoms with E-state index < -0.39 is 0 Å². The Morgan fingerprint density at radius 2 is 1.42 bits per heavy atom. The summed E-state index contributed by atoms with van der Waals surface area (Å²) in [7, 11) is 2.66. The van der Waals surface area contributed by atoms with E-state index in [0.717, 1.165) is 17.9 Å². The Kier molecular flexibility index (Phi) is 3.04. The second kappa shape index (κ2) is 4.07. The van der Waals surface area contributed by atoms with E-state index in [2.05, 4.69) is 14.5 Å². The van der Waals surface area contributed by atoms with Gasteiger partial charge >= 0.3 is 0 Å². The maximum Gasteiger partial charge on any atom is 0.00990 e. The first-order valence-corrected chi connectivity index (χ1v) is 5.94. The minimum Gasteiger partial charge on any atom is -0.298 e. The van der Waals surface area contributed by atoms with Gasteiger partial charge in [0, 0.05) is 6.04 Å². The van der Waals surface area contributed by atoms with Crippen molar-refractivity contribution < 1.29 is 0 Å². The molecular weight excluding hydrogens is 165 g/mol. The molecule has 70 valence electrons. The van der Waals surface area contributed by atoms with Crippen LogP contribution in [0.2, 0.25) is 0 Å². The number of rotatable bonds is 2. The maximum atomic E-state index is 3.32. The Bertz CT molecular complexity index is 137. The fraction of sp³-hybridized carbons (Fsp3) is 1.00. The monoisotopic (exact) mass is 185 g/mol. The van der Waals surface area contributed by atoms with Crippen LogP contribution in [0.3, 0.4) is 0 Å². The fourth-order valence-electron chi connectivity index (χ4n) is 2.67. The molecule has 0 aromatic rings. The van der Waals surface area contributed by atoms with Crippen molar-refractivity contribution in [1.29, 1.82) is 0 Å². The van der Waals surface area contributed by atoms with Gasteiger partial charge in [-0.25, -0.2) is 0 Å². The third kappa shape index (κ3) is 1.83. The number of hydrogen-bond donors (Lipinski definition) is 1. The van der Waals surface area contributed by atoms with Crippen LogP contribution >= 0.6 is 9.39 Å². The normalized spacial score (nSPS) is 37.8. The van der Waals surface area contributed by atoms with E-state index in [4.69, 9.17) is 0 Å². The smallest absolute Gasteiger partial charge is 0.00990 e. The summed E-state index contributed by atoms with van der Waals surface area (Å²) < 4.78 is 0. The molecule has 1 atom stereocenters. The summed E-state index contributed by atoms with van der Waals surface area (Å²) in [5.41, 5.74) is 0. The third-order valence-corrected chi connectivity index (χ3v) is 4.30. The van der Waals surface area contributed by atoms with E-state index in [1.165, 1.54) is 44.9 Å². The summed E-state index contributed by atoms with van der Waals surface area (Å²) in [6, 6.07) is 0.798. The second-order valence-electron chi connectivity index (χ2n) is 4.47. The zero-order valence-electron chi connectivity index (χ0n) is 7.76. The van der Waals surface area contributed by atoms with Crippen molar-refractivity contribution in [2.24, 2.45) is 11.8 Å². The van der Waals surface area contributed by atoms with Crippen LogP contribution in [0, 0.1) is 11.8 Å². The van der Waals surface area contributed by atoms with Gasteiger partial charge in [-0.1, -0.05) is 28.7 Å². The molecular formula is C10H20NP. The lowest BCUT2D eigenvalue weighted by Crippen LogP contribution is -2.31. The van der Waals surface area contributed by atoms with Gasteiger partial charge in [0.1, 0.15) is 0 Å². The van der Waals surface area contributed by atoms with Gasteiger partial charge in [0.25, 0.3) is 0 Å². The number of hydrogen-bond acceptors (Lipinski definition) is 1. The lowest BCUT2D eigenvalue weighted by atomic mass is 9.69. The molecule has 0 spiro atoms. The average molecular weight is 185 g/mol. The van der Waals surface area contributed by atoms with Crippen LogP contribution < -0.4 is 5.09 Å². The highest BCUT2D eigenvalue weighted by molar-refractivity contribution is 7.13. The van der Waals surface area contributed by atoms with Crippen LogP contribution in [0.4, 0.5) is 0 Å². The van der Waals surface area contributed by atoms with Crippen molar-refractivity contribution in [3.63, 3.8) is 0 Å². The quantitative estimate of drug-likeness (QED) is 0.652. The van der Waals surface area contributed by atoms with Crippen LogP contribution in [-0.4, -0.2) is 6.04 Å². The molecule has 0 heterocycles. The zero-order chi connectivity index (χ0) is 8.39. The molecule has 0 amide bonds. The van der Waals surface area contributed by atoms with Gasteiger partial charge in [-0.05, 0) is 37.5 Å². The van der Waals surface area contributed by atoms with E-state index in [1.807, 2.05) is 0 Å². The van der Waals surface area contributed by atoms with E-state index >= 15 is 0 Å². The van der Waals surface area contributed by atoms with Gasteiger partial charge in [-0.15, -0.1) is 0 Å². The van der Waals surface area contributed by atoms with Gasteiger partial charge in [0.2, 0.25) is 0 Å². The van der Waals surface area contributed by atoms with Crippen molar-refractivity contribution in [1.82, 2.24) is 5.09 Å². The fourth-order valence-corrected chi connectivity index (χ4v) is 3.00. The molecule has 2 aliphatic carbocycles. The van der Waals surface area contributed by atoms with Crippen molar-refractivity contribution in [3.05, 3.63) is 0 Å². The molecule has 2 fully saturated rings. The standard InChI is InChI=1S/C10H20NP/c12-11-10-6-4-9(5-7-10)8-2-1-3-8/h8-11H,1-7,12H2. The minimum atomic E-state index is 0.798. The second-order valence-corrected chi connectivity index (χ2v) is 4.80. The maximum absolute atomic E-state index is 3.32. The molecule has 2 saturated carbocycles. The molecule has 1 nitrogen and oxygen atoms in total. The Morgan fingerprint density at radius 3 is 1.83 bits per heavy atom.